The van der Waals surface area contributed by atoms with Crippen LogP contribution >= 0.6 is 0 Å². The summed E-state index contributed by atoms with van der Waals surface area (Å²) < 4.78 is 0. The summed E-state index contributed by atoms with van der Waals surface area (Å²) >= 11 is 0. The summed E-state index contributed by atoms with van der Waals surface area (Å²) in [7, 11) is 0. The quantitative estimate of drug-likeness (QED) is 0.178. The Kier molecular flexibility index (Phi) is 8.63. The van der Waals surface area contributed by atoms with Gasteiger partial charge >= 0.3 is 0 Å². The normalized spacial score (nSPS) is 27.3. The van der Waals surface area contributed by atoms with Crippen LogP contribution in [-0.2, 0) is 19.3 Å². The summed E-state index contributed by atoms with van der Waals surface area (Å²) in [6, 6.07) is 45.4. The van der Waals surface area contributed by atoms with Crippen molar-refractivity contribution < 1.29 is 0 Å². The van der Waals surface area contributed by atoms with Gasteiger partial charge in [0.05, 0.1) is 23.3 Å². The summed E-state index contributed by atoms with van der Waals surface area (Å²) in [6.45, 7) is 10.0. The Balaban J connectivity index is 0.937. The van der Waals surface area contributed by atoms with Crippen LogP contribution in [0.4, 0.5) is 22.7 Å². The van der Waals surface area contributed by atoms with E-state index >= 15 is 0 Å². The van der Waals surface area contributed by atoms with Crippen LogP contribution in [0.1, 0.15) is 129 Å². The van der Waals surface area contributed by atoms with Gasteiger partial charge in [-0.05, 0) is 197 Å². The summed E-state index contributed by atoms with van der Waals surface area (Å²) in [5.41, 5.74) is 19.0. The monoisotopic (exact) mass is 832 g/mol. The first-order valence-corrected chi connectivity index (χ1v) is 23.9. The van der Waals surface area contributed by atoms with Gasteiger partial charge < -0.3 is 9.80 Å². The van der Waals surface area contributed by atoms with Gasteiger partial charge in [0.2, 0.25) is 0 Å². The van der Waals surface area contributed by atoms with E-state index in [1.807, 2.05) is 24.3 Å². The Morgan fingerprint density at radius 1 is 0.578 bits per heavy atom. The largest absolute Gasteiger partial charge is 0.335 e. The maximum Gasteiger partial charge on any atom is 0.0991 e. The van der Waals surface area contributed by atoms with Crippen molar-refractivity contribution in [3.63, 3.8) is 0 Å². The second-order valence-corrected chi connectivity index (χ2v) is 21.1. The zero-order valence-corrected chi connectivity index (χ0v) is 37.8. The molecule has 64 heavy (non-hydrogen) atoms. The van der Waals surface area contributed by atoms with E-state index in [1.54, 1.807) is 0 Å². The minimum absolute atomic E-state index is 0.00656. The molecule has 316 valence electrons. The molecule has 4 heteroatoms. The van der Waals surface area contributed by atoms with Crippen LogP contribution in [0, 0.1) is 33.5 Å². The predicted octanol–water partition coefficient (Wildman–Crippen LogP) is 15.1. The summed E-state index contributed by atoms with van der Waals surface area (Å²) in [6.07, 6.45) is 20.2. The predicted molar refractivity (Wildman–Crippen MR) is 263 cm³/mol. The Morgan fingerprint density at radius 3 is 1.77 bits per heavy atom. The molecule has 2 saturated carbocycles. The number of hydrogen-bond donors (Lipinski definition) is 0. The molecule has 5 unspecified atom stereocenters. The van der Waals surface area contributed by atoms with Gasteiger partial charge in [-0.15, -0.1) is 0 Å². The van der Waals surface area contributed by atoms with E-state index < -0.39 is 0 Å². The Hall–Kier alpha value is -6.36. The summed E-state index contributed by atoms with van der Waals surface area (Å²) in [4.78, 5) is 5.28. The number of anilines is 4. The van der Waals surface area contributed by atoms with Crippen molar-refractivity contribution in [1.29, 1.82) is 10.5 Å². The number of fused-ring (bicyclic) bond motifs is 4. The zero-order valence-electron chi connectivity index (χ0n) is 37.8. The molecule has 0 amide bonds. The van der Waals surface area contributed by atoms with E-state index in [1.165, 1.54) is 129 Å². The molecule has 6 aliphatic rings. The standard InChI is InChI=1S/C60H56N4/c1-57-29-5-7-31-59(57,3)63(47-19-9-39(37-61)10-20-47)53-27-17-43(33-45(53)35-57)49-23-13-41-16-26-52-50(24-14-42-15-25-51(49)55(41)56(42)52)44-18-28-54-46(34-44)36-58(2)30-6-8-32-60(58,4)64(54)48-21-11-40(38-62)12-22-48/h9-15,17-28,33-34,50H,5-8,16,29-32,35-36H2,1-4H3. The number of benzene rings is 6. The zero-order chi connectivity index (χ0) is 43.6. The molecule has 2 aliphatic heterocycles. The lowest BCUT2D eigenvalue weighted by Gasteiger charge is -2.60. The smallest absolute Gasteiger partial charge is 0.0991 e. The van der Waals surface area contributed by atoms with Gasteiger partial charge in [0.25, 0.3) is 0 Å². The molecule has 6 aromatic rings. The van der Waals surface area contributed by atoms with Gasteiger partial charge in [-0.25, -0.2) is 0 Å². The Bertz CT molecular complexity index is 3090. The van der Waals surface area contributed by atoms with E-state index in [-0.39, 0.29) is 27.8 Å². The van der Waals surface area contributed by atoms with Crippen LogP contribution in [0.15, 0.2) is 121 Å². The first-order chi connectivity index (χ1) is 31.0. The number of allylic oxidation sites excluding steroid dienone is 3. The molecule has 0 spiro atoms. The molecule has 12 rings (SSSR count). The van der Waals surface area contributed by atoms with Crippen LogP contribution in [0.3, 0.4) is 0 Å². The highest BCUT2D eigenvalue weighted by Crippen LogP contribution is 2.60. The van der Waals surface area contributed by atoms with Crippen LogP contribution in [-0.4, -0.2) is 11.1 Å². The Labute approximate surface area is 379 Å². The molecule has 5 atom stereocenters. The van der Waals surface area contributed by atoms with Crippen LogP contribution in [0.25, 0.3) is 33.5 Å². The van der Waals surface area contributed by atoms with Gasteiger partial charge in [-0.2, -0.15) is 10.5 Å². The van der Waals surface area contributed by atoms with E-state index in [0.717, 1.165) is 25.7 Å². The van der Waals surface area contributed by atoms with Crippen LogP contribution < -0.4 is 9.80 Å². The minimum Gasteiger partial charge on any atom is -0.335 e. The van der Waals surface area contributed by atoms with Gasteiger partial charge in [-0.1, -0.05) is 100 Å². The van der Waals surface area contributed by atoms with Crippen molar-refractivity contribution in [3.05, 3.63) is 166 Å². The van der Waals surface area contributed by atoms with Crippen LogP contribution in [0.5, 0.6) is 0 Å². The third-order valence-corrected chi connectivity index (χ3v) is 17.8. The molecule has 0 aromatic heterocycles. The molecule has 6 aromatic carbocycles. The van der Waals surface area contributed by atoms with E-state index in [2.05, 4.69) is 153 Å². The highest BCUT2D eigenvalue weighted by Gasteiger charge is 2.55. The number of nitriles is 2. The number of nitrogens with zero attached hydrogens (tertiary/aromatic N) is 4. The lowest BCUT2D eigenvalue weighted by atomic mass is 9.57. The van der Waals surface area contributed by atoms with Crippen molar-refractivity contribution >= 4 is 45.2 Å². The third-order valence-electron chi connectivity index (χ3n) is 17.8. The SMILES string of the molecule is CC12CCCCC1(C)N(c1ccc(C#N)cc1)c1ccc(-c3ccc4c5c6c(ccc35)C=CC(c3ccc5c(c3)CC3(C)CCCCC3(C)N5c3ccc(C#N)cc3)C6=CC4)cc1C2. The lowest BCUT2D eigenvalue weighted by molar-refractivity contribution is 0.0862. The number of rotatable bonds is 4. The van der Waals surface area contributed by atoms with Gasteiger partial charge in [0.15, 0.2) is 0 Å². The van der Waals surface area contributed by atoms with Crippen molar-refractivity contribution in [3.8, 4) is 23.3 Å². The molecule has 4 nitrogen and oxygen atoms in total. The average molecular weight is 833 g/mol. The van der Waals surface area contributed by atoms with Crippen molar-refractivity contribution in [1.82, 2.24) is 0 Å². The summed E-state index contributed by atoms with van der Waals surface area (Å²) in [5.74, 6) is 0.179. The second-order valence-electron chi connectivity index (χ2n) is 21.1. The minimum atomic E-state index is -0.0119. The molecule has 2 fully saturated rings. The maximum absolute atomic E-state index is 9.62. The third kappa shape index (κ3) is 5.51. The van der Waals surface area contributed by atoms with Gasteiger partial charge in [0, 0.05) is 39.7 Å². The molecule has 4 aliphatic carbocycles. The maximum atomic E-state index is 9.62. The first-order valence-electron chi connectivity index (χ1n) is 23.9. The van der Waals surface area contributed by atoms with Crippen molar-refractivity contribution in [2.45, 2.75) is 115 Å². The van der Waals surface area contributed by atoms with Crippen molar-refractivity contribution in [2.24, 2.45) is 10.8 Å². The second kappa shape index (κ2) is 14.1. The van der Waals surface area contributed by atoms with E-state index in [4.69, 9.17) is 0 Å². The topological polar surface area (TPSA) is 54.1 Å². The highest BCUT2D eigenvalue weighted by molar-refractivity contribution is 6.09. The van der Waals surface area contributed by atoms with Gasteiger partial charge in [0.1, 0.15) is 0 Å². The molecule has 0 radical (unpaired) electrons. The summed E-state index contributed by atoms with van der Waals surface area (Å²) in [5, 5.41) is 22.0. The average Bonchev–Trinajstić information content (AvgIpc) is 3.31. The fourth-order valence-electron chi connectivity index (χ4n) is 13.9. The molecular weight excluding hydrogens is 777 g/mol. The fraction of sp³-hybridized carbons (Fsp3) is 0.333. The Morgan fingerprint density at radius 2 is 1.16 bits per heavy atom. The fourth-order valence-corrected chi connectivity index (χ4v) is 13.9. The first kappa shape index (κ1) is 39.2. The van der Waals surface area contributed by atoms with Gasteiger partial charge in [-0.3, -0.25) is 0 Å². The van der Waals surface area contributed by atoms with E-state index in [9.17, 15) is 10.5 Å². The molecule has 0 N–H and O–H groups in total. The highest BCUT2D eigenvalue weighted by atomic mass is 15.2. The molecule has 2 heterocycles. The van der Waals surface area contributed by atoms with Crippen LogP contribution in [0.2, 0.25) is 0 Å². The molecule has 0 saturated heterocycles. The number of hydrogen-bond acceptors (Lipinski definition) is 4. The van der Waals surface area contributed by atoms with Crippen molar-refractivity contribution in [2.75, 3.05) is 9.80 Å². The van der Waals surface area contributed by atoms with E-state index in [0.29, 0.717) is 11.1 Å². The molecule has 0 bridgehead atoms. The lowest BCUT2D eigenvalue weighted by Crippen LogP contribution is -2.60. The molecular formula is C60H56N4.